The number of benzene rings is 10. The highest BCUT2D eigenvalue weighted by Gasteiger charge is 2.27. The van der Waals surface area contributed by atoms with Crippen LogP contribution in [0.4, 0.5) is 11.4 Å². The molecule has 0 aromatic heterocycles. The van der Waals surface area contributed by atoms with Crippen molar-refractivity contribution in [1.82, 2.24) is 0 Å². The van der Waals surface area contributed by atoms with Crippen LogP contribution in [-0.2, 0) is 0 Å². The van der Waals surface area contributed by atoms with Crippen LogP contribution in [0, 0.1) is 35.8 Å². The molecule has 12 rings (SSSR count). The molecule has 0 saturated heterocycles. The summed E-state index contributed by atoms with van der Waals surface area (Å²) >= 11 is 0. The Morgan fingerprint density at radius 2 is 0.839 bits per heavy atom. The molecule has 12 aromatic rings. The van der Waals surface area contributed by atoms with Gasteiger partial charge in [0.1, 0.15) is 0 Å². The molecule has 0 aliphatic carbocycles. The van der Waals surface area contributed by atoms with Gasteiger partial charge in [-0.05, 0) is 175 Å². The summed E-state index contributed by atoms with van der Waals surface area (Å²) in [5.41, 5.74) is 9.78. The van der Waals surface area contributed by atoms with Gasteiger partial charge in [0.2, 0.25) is 0 Å². The average molecular weight is 781 g/mol. The van der Waals surface area contributed by atoms with Gasteiger partial charge in [0.25, 0.3) is 0 Å². The Morgan fingerprint density at radius 3 is 1.50 bits per heavy atom. The molecule has 4 heteroatoms. The third-order valence-electron chi connectivity index (χ3n) is 12.7. The van der Waals surface area contributed by atoms with E-state index in [2.05, 4.69) is 119 Å². The van der Waals surface area contributed by atoms with Gasteiger partial charge in [-0.15, -0.1) is 0 Å². The second kappa shape index (κ2) is 13.2. The molecule has 0 amide bonds. The molecule has 4 nitrogen and oxygen atoms in total. The van der Waals surface area contributed by atoms with Crippen LogP contribution in [0.15, 0.2) is 170 Å². The minimum absolute atomic E-state index is 0.524. The largest absolute Gasteiger partial charge is 0.238 e. The third-order valence-corrected chi connectivity index (χ3v) is 12.7. The first kappa shape index (κ1) is 34.9. The molecule has 0 aliphatic heterocycles. The molecule has 0 fully saturated rings. The van der Waals surface area contributed by atoms with Gasteiger partial charge in [0, 0.05) is 0 Å². The quantitative estimate of drug-likeness (QED) is 0.132. The number of hydrogen-bond acceptors (Lipinski definition) is 2. The van der Waals surface area contributed by atoms with Crippen LogP contribution in [-0.4, -0.2) is 0 Å². The highest BCUT2D eigenvalue weighted by Crippen LogP contribution is 2.55. The molecule has 0 N–H and O–H groups in total. The van der Waals surface area contributed by atoms with Crippen LogP contribution in [0.1, 0.15) is 11.1 Å². The molecular formula is C58H28N4. The zero-order valence-electron chi connectivity index (χ0n) is 33.0. The average Bonchev–Trinajstić information content (AvgIpc) is 3.84. The Bertz CT molecular complexity index is 4050. The number of nitriles is 2. The molecule has 0 atom stereocenters. The molecule has 0 spiro atoms. The van der Waals surface area contributed by atoms with Crippen LogP contribution in [0.25, 0.3) is 130 Å². The number of hydrogen-bond donors (Lipinski definition) is 0. The summed E-state index contributed by atoms with van der Waals surface area (Å²) < 4.78 is 0. The van der Waals surface area contributed by atoms with Crippen molar-refractivity contribution >= 4 is 86.8 Å². The van der Waals surface area contributed by atoms with Crippen molar-refractivity contribution in [3.05, 3.63) is 204 Å². The van der Waals surface area contributed by atoms with Gasteiger partial charge in [-0.1, -0.05) is 115 Å². The van der Waals surface area contributed by atoms with Crippen molar-refractivity contribution in [2.24, 2.45) is 0 Å². The van der Waals surface area contributed by atoms with Gasteiger partial charge in [-0.2, -0.15) is 10.5 Å². The van der Waals surface area contributed by atoms with Gasteiger partial charge in [0.15, 0.2) is 11.4 Å². The number of fused-ring (bicyclic) bond motifs is 8. The predicted octanol–water partition coefficient (Wildman–Crippen LogP) is 16.1. The van der Waals surface area contributed by atoms with Crippen molar-refractivity contribution in [3.63, 3.8) is 0 Å². The lowest BCUT2D eigenvalue weighted by Crippen LogP contribution is -1.93. The maximum Gasteiger partial charge on any atom is 0.188 e. The molecule has 280 valence electrons. The van der Waals surface area contributed by atoms with Crippen LogP contribution < -0.4 is 0 Å². The Morgan fingerprint density at radius 1 is 0.323 bits per heavy atom. The van der Waals surface area contributed by atoms with Gasteiger partial charge >= 0.3 is 0 Å². The fourth-order valence-corrected chi connectivity index (χ4v) is 10.2. The monoisotopic (exact) mass is 780 g/mol. The van der Waals surface area contributed by atoms with Crippen LogP contribution >= 0.6 is 0 Å². The second-order valence-corrected chi connectivity index (χ2v) is 16.0. The van der Waals surface area contributed by atoms with E-state index in [-0.39, 0.29) is 0 Å². The number of rotatable bonds is 4. The lowest BCUT2D eigenvalue weighted by Gasteiger charge is -2.20. The van der Waals surface area contributed by atoms with Gasteiger partial charge in [-0.3, -0.25) is 0 Å². The van der Waals surface area contributed by atoms with E-state index in [0.29, 0.717) is 22.5 Å². The smallest absolute Gasteiger partial charge is 0.188 e. The first-order valence-electron chi connectivity index (χ1n) is 20.3. The Hall–Kier alpha value is -9.06. The Kier molecular flexibility index (Phi) is 7.45. The van der Waals surface area contributed by atoms with E-state index < -0.39 is 0 Å². The third kappa shape index (κ3) is 4.97. The van der Waals surface area contributed by atoms with E-state index in [9.17, 15) is 10.5 Å². The van der Waals surface area contributed by atoms with Crippen LogP contribution in [0.2, 0.25) is 0 Å². The second-order valence-electron chi connectivity index (χ2n) is 16.0. The predicted molar refractivity (Wildman–Crippen MR) is 255 cm³/mol. The molecule has 12 aromatic carbocycles. The van der Waals surface area contributed by atoms with E-state index in [0.717, 1.165) is 87.6 Å². The first-order chi connectivity index (χ1) is 30.5. The van der Waals surface area contributed by atoms with E-state index in [1.807, 2.05) is 72.8 Å². The van der Waals surface area contributed by atoms with Crippen molar-refractivity contribution in [2.45, 2.75) is 0 Å². The summed E-state index contributed by atoms with van der Waals surface area (Å²) in [4.78, 5) is 7.66. The van der Waals surface area contributed by atoms with Gasteiger partial charge < -0.3 is 0 Å². The van der Waals surface area contributed by atoms with Crippen molar-refractivity contribution in [1.29, 1.82) is 10.5 Å². The maximum absolute atomic E-state index is 10.6. The Labute approximate surface area is 356 Å². The standard InChI is InChI=1S/C58H28N4/c1-61-42-22-20-36(21-23-42)38-24-34(32-60)25-40(26-38)53-51-30-50-45-11-4-3-10-44(45)46-12-7-15-49(55(46)50)56(51)54(58-48-14-6-9-37-8-5-13-47(52(37)48)57(53)58)41-27-39(28-43(29-41)62-2)35-18-16-33(31-59)17-19-35/h3-30H. The SMILES string of the molecule is [C-]#[N+]c1ccc(-c2cc(C#N)cc(-c3c4cc5c6ccccc6c6cccc(c4c(-c4cc([N+]#[C-])cc(-c7ccc(C#N)cc7)c4)c4c7cccc8cccc(c34)c87)c65)c2)cc1. The van der Waals surface area contributed by atoms with Crippen LogP contribution in [0.5, 0.6) is 0 Å². The fourth-order valence-electron chi connectivity index (χ4n) is 10.2. The summed E-state index contributed by atoms with van der Waals surface area (Å²) in [5.74, 6) is 0. The molecule has 0 aliphatic rings. The maximum atomic E-state index is 10.6. The highest BCUT2D eigenvalue weighted by atomic mass is 14.6. The van der Waals surface area contributed by atoms with E-state index in [4.69, 9.17) is 13.1 Å². The lowest BCUT2D eigenvalue weighted by atomic mass is 9.82. The van der Waals surface area contributed by atoms with Gasteiger partial charge in [0.05, 0.1) is 36.4 Å². The molecule has 0 bridgehead atoms. The topological polar surface area (TPSA) is 56.3 Å². The normalized spacial score (nSPS) is 11.5. The van der Waals surface area contributed by atoms with Crippen molar-refractivity contribution < 1.29 is 0 Å². The minimum Gasteiger partial charge on any atom is -0.238 e. The molecule has 0 heterocycles. The fraction of sp³-hybridized carbons (Fsp3) is 0. The summed E-state index contributed by atoms with van der Waals surface area (Å²) in [6.07, 6.45) is 0. The summed E-state index contributed by atoms with van der Waals surface area (Å²) in [7, 11) is 0. The summed E-state index contributed by atoms with van der Waals surface area (Å²) in [5, 5.41) is 36.2. The Balaban J connectivity index is 1.34. The zero-order chi connectivity index (χ0) is 41.6. The first-order valence-corrected chi connectivity index (χ1v) is 20.3. The lowest BCUT2D eigenvalue weighted by molar-refractivity contribution is 1.48. The molecular weight excluding hydrogens is 753 g/mol. The zero-order valence-corrected chi connectivity index (χ0v) is 33.0. The molecule has 0 unspecified atom stereocenters. The highest BCUT2D eigenvalue weighted by molar-refractivity contribution is 6.44. The number of nitrogens with zero attached hydrogens (tertiary/aromatic N) is 4. The summed E-state index contributed by atoms with van der Waals surface area (Å²) in [6.45, 7) is 15.9. The molecule has 0 radical (unpaired) electrons. The van der Waals surface area contributed by atoms with E-state index in [1.165, 1.54) is 32.3 Å². The van der Waals surface area contributed by atoms with Crippen molar-refractivity contribution in [2.75, 3.05) is 0 Å². The van der Waals surface area contributed by atoms with Crippen molar-refractivity contribution in [3.8, 4) is 56.6 Å². The van der Waals surface area contributed by atoms with Gasteiger partial charge in [-0.25, -0.2) is 9.69 Å². The molecule has 62 heavy (non-hydrogen) atoms. The van der Waals surface area contributed by atoms with E-state index >= 15 is 0 Å². The summed E-state index contributed by atoms with van der Waals surface area (Å²) in [6, 6.07) is 62.8. The van der Waals surface area contributed by atoms with Crippen LogP contribution in [0.3, 0.4) is 0 Å². The minimum atomic E-state index is 0.524. The van der Waals surface area contributed by atoms with E-state index in [1.54, 1.807) is 0 Å². The molecule has 0 saturated carbocycles.